The molecule has 0 fully saturated rings. The molecule has 248 valence electrons. The molecule has 5 heteroatoms. The van der Waals surface area contributed by atoms with Crippen molar-refractivity contribution in [3.63, 3.8) is 0 Å². The molecule has 0 aliphatic rings. The number of aryl methyl sites for hydroxylation is 1. The van der Waals surface area contributed by atoms with Crippen molar-refractivity contribution in [2.75, 3.05) is 0 Å². The molecular formula is C44H46N4O. The molecule has 0 saturated heterocycles. The van der Waals surface area contributed by atoms with E-state index in [9.17, 15) is 0 Å². The van der Waals surface area contributed by atoms with E-state index in [-0.39, 0.29) is 10.8 Å². The lowest BCUT2D eigenvalue weighted by molar-refractivity contribution is 0.483. The first kappa shape index (κ1) is 32.4. The van der Waals surface area contributed by atoms with Crippen LogP contribution in [0.1, 0.15) is 83.6 Å². The number of pyridine rings is 1. The van der Waals surface area contributed by atoms with Gasteiger partial charge in [0.05, 0.1) is 22.9 Å². The van der Waals surface area contributed by atoms with Crippen molar-refractivity contribution in [2.24, 2.45) is 0 Å². The maximum absolute atomic E-state index is 6.54. The number of hydrogen-bond donors (Lipinski definition) is 0. The van der Waals surface area contributed by atoms with Crippen LogP contribution in [0.15, 0.2) is 110 Å². The minimum Gasteiger partial charge on any atom is -0.457 e. The zero-order chi connectivity index (χ0) is 34.7. The summed E-state index contributed by atoms with van der Waals surface area (Å²) < 4.78 is 10.7. The highest BCUT2D eigenvalue weighted by Gasteiger charge is 2.28. The molecule has 0 unspecified atom stereocenters. The SMILES string of the molecule is Cc1ccnc(-n2c3ccccc3c3ccc(Oc4cccc(-n5cc(-c6c(C(C)(C)C)cc(C(C)C)cc6C(C)(C)C)cn5)c4)cc32)c1. The van der Waals surface area contributed by atoms with Gasteiger partial charge in [-0.05, 0) is 94.0 Å². The van der Waals surface area contributed by atoms with E-state index in [1.165, 1.54) is 33.2 Å². The number of fused-ring (bicyclic) bond motifs is 3. The Morgan fingerprint density at radius 3 is 2.08 bits per heavy atom. The molecule has 0 aliphatic heterocycles. The summed E-state index contributed by atoms with van der Waals surface area (Å²) in [7, 11) is 0. The van der Waals surface area contributed by atoms with Crippen LogP contribution in [0.25, 0.3) is 44.4 Å². The van der Waals surface area contributed by atoms with Crippen LogP contribution in [0, 0.1) is 6.92 Å². The van der Waals surface area contributed by atoms with E-state index in [1.807, 2.05) is 41.3 Å². The molecule has 0 amide bonds. The molecule has 0 aliphatic carbocycles. The molecule has 0 atom stereocenters. The normalized spacial score (nSPS) is 12.4. The van der Waals surface area contributed by atoms with Crippen molar-refractivity contribution in [1.29, 1.82) is 0 Å². The van der Waals surface area contributed by atoms with Gasteiger partial charge in [0.2, 0.25) is 0 Å². The summed E-state index contributed by atoms with van der Waals surface area (Å²) in [6.07, 6.45) is 6.04. The number of ether oxygens (including phenoxy) is 1. The number of rotatable bonds is 6. The minimum absolute atomic E-state index is 0.0295. The van der Waals surface area contributed by atoms with Crippen LogP contribution in [0.5, 0.6) is 11.5 Å². The Balaban J connectivity index is 1.27. The van der Waals surface area contributed by atoms with Crippen LogP contribution in [0.2, 0.25) is 0 Å². The quantitative estimate of drug-likeness (QED) is 0.181. The average Bonchev–Trinajstić information content (AvgIpc) is 3.67. The fourth-order valence-electron chi connectivity index (χ4n) is 6.81. The van der Waals surface area contributed by atoms with Gasteiger partial charge in [-0.15, -0.1) is 0 Å². The molecule has 4 aromatic carbocycles. The van der Waals surface area contributed by atoms with Crippen molar-refractivity contribution in [3.8, 4) is 34.1 Å². The highest BCUT2D eigenvalue weighted by atomic mass is 16.5. The van der Waals surface area contributed by atoms with Crippen LogP contribution in [0.3, 0.4) is 0 Å². The first-order valence-corrected chi connectivity index (χ1v) is 17.3. The Morgan fingerprint density at radius 2 is 1.39 bits per heavy atom. The van der Waals surface area contributed by atoms with Crippen molar-refractivity contribution >= 4 is 21.8 Å². The van der Waals surface area contributed by atoms with Gasteiger partial charge in [-0.3, -0.25) is 4.57 Å². The van der Waals surface area contributed by atoms with Gasteiger partial charge in [0, 0.05) is 40.9 Å². The van der Waals surface area contributed by atoms with Gasteiger partial charge in [-0.1, -0.05) is 91.8 Å². The van der Waals surface area contributed by atoms with Gasteiger partial charge >= 0.3 is 0 Å². The molecule has 3 aromatic heterocycles. The highest BCUT2D eigenvalue weighted by molar-refractivity contribution is 6.09. The Morgan fingerprint density at radius 1 is 0.694 bits per heavy atom. The predicted molar refractivity (Wildman–Crippen MR) is 204 cm³/mol. The van der Waals surface area contributed by atoms with Crippen molar-refractivity contribution in [2.45, 2.75) is 79.1 Å². The van der Waals surface area contributed by atoms with Gasteiger partial charge in [0.1, 0.15) is 17.3 Å². The van der Waals surface area contributed by atoms with Crippen LogP contribution in [-0.2, 0) is 10.8 Å². The highest BCUT2D eigenvalue weighted by Crippen LogP contribution is 2.43. The molecule has 0 saturated carbocycles. The monoisotopic (exact) mass is 646 g/mol. The maximum Gasteiger partial charge on any atom is 0.137 e. The Bertz CT molecular complexity index is 2290. The van der Waals surface area contributed by atoms with E-state index in [1.54, 1.807) is 0 Å². The second-order valence-corrected chi connectivity index (χ2v) is 15.6. The van der Waals surface area contributed by atoms with Gasteiger partial charge in [0.15, 0.2) is 0 Å². The van der Waals surface area contributed by atoms with Crippen LogP contribution >= 0.6 is 0 Å². The maximum atomic E-state index is 6.54. The summed E-state index contributed by atoms with van der Waals surface area (Å²) in [6, 6.07) is 31.9. The van der Waals surface area contributed by atoms with E-state index < -0.39 is 0 Å². The number of benzene rings is 4. The summed E-state index contributed by atoms with van der Waals surface area (Å²) >= 11 is 0. The summed E-state index contributed by atoms with van der Waals surface area (Å²) in [5, 5.41) is 7.23. The van der Waals surface area contributed by atoms with Gasteiger partial charge in [0.25, 0.3) is 0 Å². The van der Waals surface area contributed by atoms with Crippen molar-refractivity contribution in [1.82, 2.24) is 19.3 Å². The predicted octanol–water partition coefficient (Wildman–Crippen LogP) is 11.9. The Labute approximate surface area is 290 Å². The van der Waals surface area contributed by atoms with Crippen LogP contribution in [0.4, 0.5) is 0 Å². The second kappa shape index (κ2) is 12.1. The first-order chi connectivity index (χ1) is 23.3. The number of nitrogens with zero attached hydrogens (tertiary/aromatic N) is 4. The van der Waals surface area contributed by atoms with Crippen molar-refractivity contribution < 1.29 is 4.74 Å². The molecular weight excluding hydrogens is 601 g/mol. The van der Waals surface area contributed by atoms with Crippen LogP contribution < -0.4 is 4.74 Å². The number of para-hydroxylation sites is 1. The van der Waals surface area contributed by atoms with E-state index in [0.717, 1.165) is 45.0 Å². The van der Waals surface area contributed by atoms with Gasteiger partial charge in [-0.25, -0.2) is 9.67 Å². The third-order valence-corrected chi connectivity index (χ3v) is 9.41. The first-order valence-electron chi connectivity index (χ1n) is 17.3. The third-order valence-electron chi connectivity index (χ3n) is 9.41. The molecule has 3 heterocycles. The van der Waals surface area contributed by atoms with E-state index in [0.29, 0.717) is 5.92 Å². The molecule has 7 rings (SSSR count). The summed E-state index contributed by atoms with van der Waals surface area (Å²) in [6.45, 7) is 20.5. The fourth-order valence-corrected chi connectivity index (χ4v) is 6.81. The minimum atomic E-state index is -0.0295. The summed E-state index contributed by atoms with van der Waals surface area (Å²) in [5.41, 5.74) is 10.7. The summed E-state index contributed by atoms with van der Waals surface area (Å²) in [5.74, 6) is 2.85. The molecule has 0 bridgehead atoms. The van der Waals surface area contributed by atoms with Gasteiger partial charge < -0.3 is 4.74 Å². The zero-order valence-corrected chi connectivity index (χ0v) is 30.2. The van der Waals surface area contributed by atoms with E-state index in [2.05, 4.69) is 140 Å². The average molecular weight is 647 g/mol. The number of hydrogen-bond acceptors (Lipinski definition) is 3. The molecule has 0 spiro atoms. The standard InChI is InChI=1S/C44H46N4O/c1-28(2)30-22-37(43(4,5)6)42(38(23-30)44(7,8)9)31-26-46-47(27-31)32-13-12-14-33(24-32)49-34-17-18-36-35-15-10-11-16-39(35)48(40(36)25-34)41-21-29(3)19-20-45-41/h10-28H,1-9H3. The smallest absolute Gasteiger partial charge is 0.137 e. The Kier molecular flexibility index (Phi) is 7.98. The number of aromatic nitrogens is 4. The topological polar surface area (TPSA) is 44.9 Å². The Hall–Kier alpha value is -5.16. The fraction of sp³-hybridized carbons (Fsp3) is 0.273. The van der Waals surface area contributed by atoms with Crippen LogP contribution in [-0.4, -0.2) is 19.3 Å². The van der Waals surface area contributed by atoms with E-state index in [4.69, 9.17) is 14.8 Å². The largest absolute Gasteiger partial charge is 0.457 e. The zero-order valence-electron chi connectivity index (χ0n) is 30.2. The lowest BCUT2D eigenvalue weighted by Gasteiger charge is -2.31. The van der Waals surface area contributed by atoms with E-state index >= 15 is 0 Å². The molecule has 7 aromatic rings. The molecule has 5 nitrogen and oxygen atoms in total. The second-order valence-electron chi connectivity index (χ2n) is 15.6. The summed E-state index contributed by atoms with van der Waals surface area (Å²) in [4.78, 5) is 4.73. The van der Waals surface area contributed by atoms with Crippen molar-refractivity contribution in [3.05, 3.63) is 132 Å². The lowest BCUT2D eigenvalue weighted by Crippen LogP contribution is -2.20. The lowest BCUT2D eigenvalue weighted by atomic mass is 9.73. The molecule has 49 heavy (non-hydrogen) atoms. The third kappa shape index (κ3) is 6.14. The van der Waals surface area contributed by atoms with Gasteiger partial charge in [-0.2, -0.15) is 5.10 Å². The molecule has 0 N–H and O–H groups in total. The molecule has 0 radical (unpaired) electrons.